The number of nitrogens with zero attached hydrogens (tertiary/aromatic N) is 1. The summed E-state index contributed by atoms with van der Waals surface area (Å²) in [6.45, 7) is 0.128. The van der Waals surface area contributed by atoms with Crippen molar-refractivity contribution in [2.45, 2.75) is 4.90 Å². The lowest BCUT2D eigenvalue weighted by Gasteiger charge is -2.25. The monoisotopic (exact) mass is 472 g/mol. The molecule has 0 fully saturated rings. The van der Waals surface area contributed by atoms with Crippen molar-refractivity contribution < 1.29 is 31.8 Å². The second-order valence-corrected chi connectivity index (χ2v) is 8.93. The Morgan fingerprint density at radius 2 is 1.67 bits per heavy atom. The zero-order valence-corrected chi connectivity index (χ0v) is 18.5. The van der Waals surface area contributed by atoms with Gasteiger partial charge in [0.25, 0.3) is 10.0 Å². The van der Waals surface area contributed by atoms with Gasteiger partial charge in [-0.15, -0.1) is 0 Å². The fraction of sp³-hybridized carbons (Fsp3) is 0.174. The van der Waals surface area contributed by atoms with Gasteiger partial charge in [0.05, 0.1) is 17.7 Å². The topological polar surface area (TPSA) is 94.2 Å². The fourth-order valence-corrected chi connectivity index (χ4v) is 4.68. The molecule has 4 rings (SSSR count). The molecule has 1 aliphatic rings. The smallest absolute Gasteiger partial charge is 0.264 e. The molecule has 0 atom stereocenters. The summed E-state index contributed by atoms with van der Waals surface area (Å²) in [6, 6.07) is 15.7. The third-order valence-corrected chi connectivity index (χ3v) is 6.65. The van der Waals surface area contributed by atoms with Crippen LogP contribution in [0.1, 0.15) is 0 Å². The van der Waals surface area contributed by atoms with Gasteiger partial charge in [-0.05, 0) is 60.7 Å². The molecule has 0 radical (unpaired) electrons. The second-order valence-electron chi connectivity index (χ2n) is 7.07. The minimum Gasteiger partial charge on any atom is -0.497 e. The normalized spacial score (nSPS) is 12.7. The molecular weight excluding hydrogens is 451 g/mol. The molecular formula is C23H21FN2O6S. The number of carbonyl (C=O) groups excluding carboxylic acids is 1. The van der Waals surface area contributed by atoms with Crippen LogP contribution in [0.4, 0.5) is 15.8 Å². The SMILES string of the molecule is COc1ccc(NC(=O)CN(c2ccc(F)cc2)S(=O)(=O)c2ccc3c(c2)OCCO3)cc1. The molecule has 0 aliphatic carbocycles. The number of rotatable bonds is 7. The number of sulfonamides is 1. The van der Waals surface area contributed by atoms with Crippen LogP contribution in [0.2, 0.25) is 0 Å². The Hall–Kier alpha value is -3.79. The van der Waals surface area contributed by atoms with E-state index in [1.165, 1.54) is 37.4 Å². The molecule has 1 aliphatic heterocycles. The Labute approximate surface area is 190 Å². The average molecular weight is 472 g/mol. The standard InChI is InChI=1S/C23H21FN2O6S/c1-30-19-8-4-17(5-9-19)25-23(27)15-26(18-6-2-16(24)3-7-18)33(28,29)20-10-11-21-22(14-20)32-13-12-31-21/h2-11,14H,12-13,15H2,1H3,(H,25,27). The molecule has 10 heteroatoms. The van der Waals surface area contributed by atoms with Crippen LogP contribution < -0.4 is 23.8 Å². The van der Waals surface area contributed by atoms with Crippen molar-refractivity contribution in [2.75, 3.05) is 36.5 Å². The Kier molecular flexibility index (Phi) is 6.36. The van der Waals surface area contributed by atoms with Gasteiger partial charge in [-0.25, -0.2) is 12.8 Å². The number of nitrogens with one attached hydrogen (secondary N) is 1. The number of anilines is 2. The Balaban J connectivity index is 1.64. The van der Waals surface area contributed by atoms with Crippen molar-refractivity contribution in [1.29, 1.82) is 0 Å². The molecule has 1 N–H and O–H groups in total. The van der Waals surface area contributed by atoms with Gasteiger partial charge in [-0.2, -0.15) is 0 Å². The van der Waals surface area contributed by atoms with Crippen LogP contribution in [0, 0.1) is 5.82 Å². The molecule has 0 aromatic heterocycles. The van der Waals surface area contributed by atoms with Crippen molar-refractivity contribution in [3.8, 4) is 17.2 Å². The fourth-order valence-electron chi connectivity index (χ4n) is 3.24. The number of amides is 1. The number of benzene rings is 3. The van der Waals surface area contributed by atoms with Crippen LogP contribution in [0.15, 0.2) is 71.6 Å². The summed E-state index contributed by atoms with van der Waals surface area (Å²) >= 11 is 0. The maximum Gasteiger partial charge on any atom is 0.264 e. The Morgan fingerprint density at radius 1 is 1.00 bits per heavy atom. The van der Waals surface area contributed by atoms with Gasteiger partial charge in [-0.3, -0.25) is 9.10 Å². The summed E-state index contributed by atoms with van der Waals surface area (Å²) in [5.41, 5.74) is 0.604. The molecule has 3 aromatic carbocycles. The number of carbonyl (C=O) groups is 1. The van der Waals surface area contributed by atoms with Crippen molar-refractivity contribution in [3.63, 3.8) is 0 Å². The summed E-state index contributed by atoms with van der Waals surface area (Å²) in [6.07, 6.45) is 0. The minimum atomic E-state index is -4.20. The van der Waals surface area contributed by atoms with Gasteiger partial charge in [0, 0.05) is 11.8 Å². The summed E-state index contributed by atoms with van der Waals surface area (Å²) < 4.78 is 57.5. The van der Waals surface area contributed by atoms with E-state index in [9.17, 15) is 17.6 Å². The number of halogens is 1. The highest BCUT2D eigenvalue weighted by molar-refractivity contribution is 7.92. The number of methoxy groups -OCH3 is 1. The number of hydrogen-bond acceptors (Lipinski definition) is 6. The predicted molar refractivity (Wildman–Crippen MR) is 120 cm³/mol. The summed E-state index contributed by atoms with van der Waals surface area (Å²) in [7, 11) is -2.68. The van der Waals surface area contributed by atoms with Crippen molar-refractivity contribution in [3.05, 3.63) is 72.5 Å². The molecule has 8 nitrogen and oxygen atoms in total. The summed E-state index contributed by atoms with van der Waals surface area (Å²) in [5, 5.41) is 2.66. The third-order valence-electron chi connectivity index (χ3n) is 4.88. The van der Waals surface area contributed by atoms with E-state index in [2.05, 4.69) is 5.32 Å². The second kappa shape index (κ2) is 9.37. The van der Waals surface area contributed by atoms with Crippen molar-refractivity contribution >= 4 is 27.3 Å². The van der Waals surface area contributed by atoms with E-state index in [-0.39, 0.29) is 10.6 Å². The number of hydrogen-bond donors (Lipinski definition) is 1. The van der Waals surface area contributed by atoms with Gasteiger partial charge in [0.1, 0.15) is 31.3 Å². The first-order valence-electron chi connectivity index (χ1n) is 9.99. The van der Waals surface area contributed by atoms with E-state index in [0.29, 0.717) is 36.1 Å². The first-order chi connectivity index (χ1) is 15.9. The van der Waals surface area contributed by atoms with Crippen molar-refractivity contribution in [1.82, 2.24) is 0 Å². The highest BCUT2D eigenvalue weighted by atomic mass is 32.2. The van der Waals surface area contributed by atoms with Crippen LogP contribution in [-0.4, -0.2) is 41.2 Å². The van der Waals surface area contributed by atoms with Gasteiger partial charge >= 0.3 is 0 Å². The molecule has 33 heavy (non-hydrogen) atoms. The van der Waals surface area contributed by atoms with Crippen LogP contribution in [0.3, 0.4) is 0 Å². The molecule has 172 valence electrons. The van der Waals surface area contributed by atoms with E-state index < -0.39 is 28.3 Å². The van der Waals surface area contributed by atoms with E-state index in [0.717, 1.165) is 16.4 Å². The molecule has 0 saturated carbocycles. The van der Waals surface area contributed by atoms with Crippen LogP contribution in [0.5, 0.6) is 17.2 Å². The van der Waals surface area contributed by atoms with E-state index in [1.54, 1.807) is 24.3 Å². The largest absolute Gasteiger partial charge is 0.497 e. The number of ether oxygens (including phenoxy) is 3. The lowest BCUT2D eigenvalue weighted by Crippen LogP contribution is -2.38. The van der Waals surface area contributed by atoms with Gasteiger partial charge in [-0.1, -0.05) is 0 Å². The minimum absolute atomic E-state index is 0.0895. The number of fused-ring (bicyclic) bond motifs is 1. The van der Waals surface area contributed by atoms with Crippen LogP contribution in [-0.2, 0) is 14.8 Å². The van der Waals surface area contributed by atoms with Gasteiger partial charge in [0.15, 0.2) is 11.5 Å². The van der Waals surface area contributed by atoms with Gasteiger partial charge in [0.2, 0.25) is 5.91 Å². The molecule has 0 bridgehead atoms. The Bertz CT molecular complexity index is 1250. The Morgan fingerprint density at radius 3 is 2.33 bits per heavy atom. The lowest BCUT2D eigenvalue weighted by atomic mass is 10.3. The predicted octanol–water partition coefficient (Wildman–Crippen LogP) is 3.44. The molecule has 0 unspecified atom stereocenters. The average Bonchev–Trinajstić information content (AvgIpc) is 2.83. The zero-order chi connectivity index (χ0) is 23.4. The first-order valence-corrected chi connectivity index (χ1v) is 11.4. The molecule has 0 saturated heterocycles. The highest BCUT2D eigenvalue weighted by Gasteiger charge is 2.29. The molecule has 3 aromatic rings. The van der Waals surface area contributed by atoms with Gasteiger partial charge < -0.3 is 19.5 Å². The zero-order valence-electron chi connectivity index (χ0n) is 17.7. The maximum absolute atomic E-state index is 13.5. The summed E-state index contributed by atoms with van der Waals surface area (Å²) in [5.74, 6) is 0.237. The maximum atomic E-state index is 13.5. The van der Waals surface area contributed by atoms with E-state index in [4.69, 9.17) is 14.2 Å². The summed E-state index contributed by atoms with van der Waals surface area (Å²) in [4.78, 5) is 12.7. The quantitative estimate of drug-likeness (QED) is 0.566. The van der Waals surface area contributed by atoms with Crippen LogP contribution >= 0.6 is 0 Å². The molecule has 0 spiro atoms. The van der Waals surface area contributed by atoms with Crippen LogP contribution in [0.25, 0.3) is 0 Å². The molecule has 1 amide bonds. The van der Waals surface area contributed by atoms with E-state index >= 15 is 0 Å². The van der Waals surface area contributed by atoms with E-state index in [1.807, 2.05) is 0 Å². The van der Waals surface area contributed by atoms with Crippen molar-refractivity contribution in [2.24, 2.45) is 0 Å². The highest BCUT2D eigenvalue weighted by Crippen LogP contribution is 2.34. The first kappa shape index (κ1) is 22.4. The lowest BCUT2D eigenvalue weighted by molar-refractivity contribution is -0.114. The molecule has 1 heterocycles. The third kappa shape index (κ3) is 5.01.